The molecule has 0 atom stereocenters. The number of carbonyl (C=O) groups is 2. The Bertz CT molecular complexity index is 1020. The van der Waals surface area contributed by atoms with E-state index in [1.807, 2.05) is 20.8 Å². The highest BCUT2D eigenvalue weighted by Gasteiger charge is 2.28. The molecule has 0 spiro atoms. The number of benzene rings is 2. The molecular weight excluding hydrogens is 418 g/mol. The van der Waals surface area contributed by atoms with Crippen molar-refractivity contribution in [1.29, 1.82) is 0 Å². The van der Waals surface area contributed by atoms with Crippen LogP contribution < -0.4 is 4.72 Å². The summed E-state index contributed by atoms with van der Waals surface area (Å²) in [5.41, 5.74) is 0.261. The number of hydrogen-bond donors (Lipinski definition) is 1. The van der Waals surface area contributed by atoms with E-state index in [9.17, 15) is 18.0 Å². The summed E-state index contributed by atoms with van der Waals surface area (Å²) in [5.74, 6) is -0.165. The molecular formula is C22H27N3O5S. The number of rotatable bonds is 4. The van der Waals surface area contributed by atoms with E-state index in [1.54, 1.807) is 52.3 Å². The molecule has 0 bridgehead atoms. The highest BCUT2D eigenvalue weighted by molar-refractivity contribution is 7.92. The summed E-state index contributed by atoms with van der Waals surface area (Å²) in [4.78, 5) is 28.4. The first-order valence-corrected chi connectivity index (χ1v) is 11.5. The second-order valence-corrected chi connectivity index (χ2v) is 9.94. The Kier molecular flexibility index (Phi) is 6.54. The van der Waals surface area contributed by atoms with Crippen LogP contribution in [0.5, 0.6) is 0 Å². The fraction of sp³-hybridized carbons (Fsp3) is 0.364. The molecule has 0 aromatic heterocycles. The Hall–Kier alpha value is -3.07. The van der Waals surface area contributed by atoms with Gasteiger partial charge in [0.1, 0.15) is 5.60 Å². The Morgan fingerprint density at radius 2 is 1.42 bits per heavy atom. The number of carbonyl (C=O) groups excluding carboxylic acids is 2. The van der Waals surface area contributed by atoms with Gasteiger partial charge < -0.3 is 14.5 Å². The molecule has 0 saturated carbocycles. The lowest BCUT2D eigenvalue weighted by Gasteiger charge is -2.35. The van der Waals surface area contributed by atoms with E-state index < -0.39 is 15.6 Å². The van der Waals surface area contributed by atoms with Crippen molar-refractivity contribution >= 4 is 27.7 Å². The Morgan fingerprint density at radius 3 is 1.97 bits per heavy atom. The maximum Gasteiger partial charge on any atom is 0.410 e. The van der Waals surface area contributed by atoms with Crippen LogP contribution in [-0.4, -0.2) is 62.0 Å². The first-order chi connectivity index (χ1) is 14.5. The van der Waals surface area contributed by atoms with Crippen molar-refractivity contribution in [3.63, 3.8) is 0 Å². The number of hydrogen-bond acceptors (Lipinski definition) is 5. The molecule has 0 radical (unpaired) electrons. The van der Waals surface area contributed by atoms with Crippen LogP contribution in [0.4, 0.5) is 10.5 Å². The van der Waals surface area contributed by atoms with Gasteiger partial charge in [0, 0.05) is 37.4 Å². The molecule has 8 nitrogen and oxygen atoms in total. The van der Waals surface area contributed by atoms with Gasteiger partial charge in [-0.1, -0.05) is 18.2 Å². The van der Waals surface area contributed by atoms with Gasteiger partial charge >= 0.3 is 6.09 Å². The van der Waals surface area contributed by atoms with Crippen LogP contribution in [0, 0.1) is 0 Å². The van der Waals surface area contributed by atoms with Crippen LogP contribution in [0.3, 0.4) is 0 Å². The molecule has 1 fully saturated rings. The highest BCUT2D eigenvalue weighted by atomic mass is 32.2. The molecule has 2 aromatic rings. The minimum absolute atomic E-state index is 0.165. The van der Waals surface area contributed by atoms with Crippen LogP contribution in [0.1, 0.15) is 31.1 Å². The third kappa shape index (κ3) is 5.97. The summed E-state index contributed by atoms with van der Waals surface area (Å²) < 4.78 is 32.7. The summed E-state index contributed by atoms with van der Waals surface area (Å²) in [6, 6.07) is 14.4. The van der Waals surface area contributed by atoms with Gasteiger partial charge in [-0.05, 0) is 57.2 Å². The fourth-order valence-electron chi connectivity index (χ4n) is 3.10. The lowest BCUT2D eigenvalue weighted by atomic mass is 10.1. The SMILES string of the molecule is CC(C)(C)OC(=O)N1CCN(C(=O)c2ccc(NS(=O)(=O)c3ccccc3)cc2)CC1. The van der Waals surface area contributed by atoms with Gasteiger partial charge in [0.25, 0.3) is 15.9 Å². The summed E-state index contributed by atoms with van der Waals surface area (Å²) in [7, 11) is -3.69. The van der Waals surface area contributed by atoms with Crippen LogP contribution in [-0.2, 0) is 14.8 Å². The maximum atomic E-state index is 12.8. The second kappa shape index (κ2) is 8.97. The van der Waals surface area contributed by atoms with Crippen LogP contribution >= 0.6 is 0 Å². The predicted molar refractivity (Wildman–Crippen MR) is 117 cm³/mol. The zero-order valence-corrected chi connectivity index (χ0v) is 18.7. The van der Waals surface area contributed by atoms with Gasteiger partial charge in [0.05, 0.1) is 4.90 Å². The third-order valence-corrected chi connectivity index (χ3v) is 6.05. The molecule has 3 rings (SSSR count). The van der Waals surface area contributed by atoms with Crippen LogP contribution in [0.2, 0.25) is 0 Å². The Labute approximate surface area is 182 Å². The number of amides is 2. The van der Waals surface area contributed by atoms with Gasteiger partial charge in [-0.25, -0.2) is 13.2 Å². The second-order valence-electron chi connectivity index (χ2n) is 8.26. The van der Waals surface area contributed by atoms with E-state index in [0.29, 0.717) is 37.4 Å². The lowest BCUT2D eigenvalue weighted by Crippen LogP contribution is -2.51. The first kappa shape index (κ1) is 22.6. The van der Waals surface area contributed by atoms with Crippen molar-refractivity contribution in [2.75, 3.05) is 30.9 Å². The minimum atomic E-state index is -3.69. The highest BCUT2D eigenvalue weighted by Crippen LogP contribution is 2.18. The maximum absolute atomic E-state index is 12.8. The van der Waals surface area contributed by atoms with Crippen molar-refractivity contribution in [2.24, 2.45) is 0 Å². The van der Waals surface area contributed by atoms with Gasteiger partial charge in [0.2, 0.25) is 0 Å². The van der Waals surface area contributed by atoms with Crippen LogP contribution in [0.25, 0.3) is 0 Å². The lowest BCUT2D eigenvalue weighted by molar-refractivity contribution is 0.0141. The van der Waals surface area contributed by atoms with Gasteiger partial charge in [-0.2, -0.15) is 0 Å². The molecule has 1 N–H and O–H groups in total. The van der Waals surface area contributed by atoms with E-state index in [1.165, 1.54) is 12.1 Å². The average Bonchev–Trinajstić information content (AvgIpc) is 2.73. The van der Waals surface area contributed by atoms with E-state index in [4.69, 9.17) is 4.74 Å². The fourth-order valence-corrected chi connectivity index (χ4v) is 4.18. The largest absolute Gasteiger partial charge is 0.444 e. The number of piperazine rings is 1. The average molecular weight is 446 g/mol. The standard InChI is InChI=1S/C22H27N3O5S/c1-22(2,3)30-21(27)25-15-13-24(14-16-25)20(26)17-9-11-18(12-10-17)23-31(28,29)19-7-5-4-6-8-19/h4-12,23H,13-16H2,1-3H3. The molecule has 2 aromatic carbocycles. The van der Waals surface area contributed by atoms with Crippen molar-refractivity contribution < 1.29 is 22.7 Å². The molecule has 1 aliphatic heterocycles. The smallest absolute Gasteiger partial charge is 0.410 e. The topological polar surface area (TPSA) is 96.0 Å². The zero-order valence-electron chi connectivity index (χ0n) is 17.9. The minimum Gasteiger partial charge on any atom is -0.444 e. The summed E-state index contributed by atoms with van der Waals surface area (Å²) >= 11 is 0. The number of nitrogens with zero attached hydrogens (tertiary/aromatic N) is 2. The molecule has 1 heterocycles. The summed E-state index contributed by atoms with van der Waals surface area (Å²) in [6.45, 7) is 7.04. The van der Waals surface area contributed by atoms with Crippen LogP contribution in [0.15, 0.2) is 59.5 Å². The van der Waals surface area contributed by atoms with E-state index in [2.05, 4.69) is 4.72 Å². The van der Waals surface area contributed by atoms with Crippen molar-refractivity contribution in [3.05, 3.63) is 60.2 Å². The Morgan fingerprint density at radius 1 is 0.871 bits per heavy atom. The molecule has 1 saturated heterocycles. The predicted octanol–water partition coefficient (Wildman–Crippen LogP) is 3.18. The van der Waals surface area contributed by atoms with Gasteiger partial charge in [0.15, 0.2) is 0 Å². The number of sulfonamides is 1. The monoisotopic (exact) mass is 445 g/mol. The normalized spacial score (nSPS) is 14.8. The molecule has 0 aliphatic carbocycles. The van der Waals surface area contributed by atoms with Crippen molar-refractivity contribution in [3.8, 4) is 0 Å². The van der Waals surface area contributed by atoms with Crippen molar-refractivity contribution in [1.82, 2.24) is 9.80 Å². The van der Waals surface area contributed by atoms with E-state index >= 15 is 0 Å². The van der Waals surface area contributed by atoms with Gasteiger partial charge in [-0.15, -0.1) is 0 Å². The van der Waals surface area contributed by atoms with E-state index in [0.717, 1.165) is 0 Å². The van der Waals surface area contributed by atoms with Gasteiger partial charge in [-0.3, -0.25) is 9.52 Å². The first-order valence-electron chi connectivity index (χ1n) is 10.0. The number of nitrogens with one attached hydrogen (secondary N) is 1. The summed E-state index contributed by atoms with van der Waals surface area (Å²) in [6.07, 6.45) is -0.380. The molecule has 0 unspecified atom stereocenters. The molecule has 166 valence electrons. The quantitative estimate of drug-likeness (QED) is 0.780. The number of ether oxygens (including phenoxy) is 1. The molecule has 2 amide bonds. The molecule has 9 heteroatoms. The third-order valence-electron chi connectivity index (χ3n) is 4.66. The Balaban J connectivity index is 1.58. The summed E-state index contributed by atoms with van der Waals surface area (Å²) in [5, 5.41) is 0. The zero-order chi connectivity index (χ0) is 22.6. The molecule has 1 aliphatic rings. The van der Waals surface area contributed by atoms with Crippen molar-refractivity contribution in [2.45, 2.75) is 31.3 Å². The molecule has 31 heavy (non-hydrogen) atoms. The number of anilines is 1. The van der Waals surface area contributed by atoms with E-state index in [-0.39, 0.29) is 16.9 Å².